The molecular formula is C12H21N3O2. The lowest BCUT2D eigenvalue weighted by Gasteiger charge is -2.20. The van der Waals surface area contributed by atoms with Gasteiger partial charge in [-0.05, 0) is 12.8 Å². The van der Waals surface area contributed by atoms with Crippen molar-refractivity contribution in [2.45, 2.75) is 50.7 Å². The number of nitrogens with zero attached hydrogens (tertiary/aromatic N) is 3. The first-order valence-electron chi connectivity index (χ1n) is 6.37. The molecule has 1 atom stereocenters. The summed E-state index contributed by atoms with van der Waals surface area (Å²) in [5, 5.41) is 17.9. The molecule has 1 aromatic heterocycles. The number of hydrogen-bond acceptors (Lipinski definition) is 4. The van der Waals surface area contributed by atoms with E-state index in [0.717, 1.165) is 5.69 Å². The van der Waals surface area contributed by atoms with Gasteiger partial charge < -0.3 is 9.84 Å². The van der Waals surface area contributed by atoms with Crippen LogP contribution in [0.3, 0.4) is 0 Å². The zero-order valence-electron chi connectivity index (χ0n) is 10.4. The zero-order valence-corrected chi connectivity index (χ0v) is 10.4. The molecule has 1 fully saturated rings. The minimum atomic E-state index is -0.489. The van der Waals surface area contributed by atoms with Gasteiger partial charge in [0.05, 0.1) is 24.4 Å². The summed E-state index contributed by atoms with van der Waals surface area (Å²) in [5.74, 6) is 0. The smallest absolute Gasteiger partial charge is 0.0853 e. The molecule has 2 rings (SSSR count). The van der Waals surface area contributed by atoms with Crippen LogP contribution in [0.2, 0.25) is 0 Å². The summed E-state index contributed by atoms with van der Waals surface area (Å²) >= 11 is 0. The van der Waals surface area contributed by atoms with E-state index >= 15 is 0 Å². The maximum Gasteiger partial charge on any atom is 0.0853 e. The monoisotopic (exact) mass is 239 g/mol. The van der Waals surface area contributed by atoms with Gasteiger partial charge in [0.25, 0.3) is 0 Å². The van der Waals surface area contributed by atoms with Crippen LogP contribution in [0.5, 0.6) is 0 Å². The maximum absolute atomic E-state index is 9.62. The van der Waals surface area contributed by atoms with Crippen molar-refractivity contribution in [3.63, 3.8) is 0 Å². The van der Waals surface area contributed by atoms with Crippen LogP contribution in [0, 0.1) is 0 Å². The average molecular weight is 239 g/mol. The van der Waals surface area contributed by atoms with Crippen LogP contribution in [0.4, 0.5) is 0 Å². The fourth-order valence-corrected chi connectivity index (χ4v) is 2.42. The summed E-state index contributed by atoms with van der Waals surface area (Å²) in [6, 6.07) is 0.504. The summed E-state index contributed by atoms with van der Waals surface area (Å²) in [5.41, 5.74) is 0.847. The van der Waals surface area contributed by atoms with Crippen molar-refractivity contribution in [2.75, 3.05) is 13.7 Å². The Morgan fingerprint density at radius 3 is 2.94 bits per heavy atom. The molecule has 0 bridgehead atoms. The SMILES string of the molecule is COC[C@@H](O)Cc1cn(C2CCCCC2)nn1. The van der Waals surface area contributed by atoms with Crippen molar-refractivity contribution in [2.24, 2.45) is 0 Å². The number of aromatic nitrogens is 3. The van der Waals surface area contributed by atoms with E-state index in [0.29, 0.717) is 19.1 Å². The Morgan fingerprint density at radius 2 is 2.24 bits per heavy atom. The van der Waals surface area contributed by atoms with Crippen molar-refractivity contribution in [3.8, 4) is 0 Å². The molecule has 1 aliphatic rings. The molecule has 5 nitrogen and oxygen atoms in total. The highest BCUT2D eigenvalue weighted by Crippen LogP contribution is 2.27. The molecule has 0 spiro atoms. The van der Waals surface area contributed by atoms with Gasteiger partial charge in [-0.3, -0.25) is 0 Å². The third kappa shape index (κ3) is 3.51. The number of hydrogen-bond donors (Lipinski definition) is 1. The Morgan fingerprint density at radius 1 is 1.47 bits per heavy atom. The number of rotatable bonds is 5. The molecule has 0 amide bonds. The highest BCUT2D eigenvalue weighted by Gasteiger charge is 2.17. The molecular weight excluding hydrogens is 218 g/mol. The third-order valence-electron chi connectivity index (χ3n) is 3.31. The summed E-state index contributed by atoms with van der Waals surface area (Å²) in [4.78, 5) is 0. The van der Waals surface area contributed by atoms with Gasteiger partial charge in [0.2, 0.25) is 0 Å². The van der Waals surface area contributed by atoms with Crippen LogP contribution in [0.15, 0.2) is 6.20 Å². The van der Waals surface area contributed by atoms with E-state index in [1.165, 1.54) is 32.1 Å². The lowest BCUT2D eigenvalue weighted by atomic mass is 9.96. The van der Waals surface area contributed by atoms with E-state index < -0.39 is 6.10 Å². The van der Waals surface area contributed by atoms with Gasteiger partial charge in [0.15, 0.2) is 0 Å². The van der Waals surface area contributed by atoms with Crippen molar-refractivity contribution < 1.29 is 9.84 Å². The summed E-state index contributed by atoms with van der Waals surface area (Å²) in [6.45, 7) is 0.344. The second kappa shape index (κ2) is 6.12. The lowest BCUT2D eigenvalue weighted by Crippen LogP contribution is -2.17. The van der Waals surface area contributed by atoms with Gasteiger partial charge in [-0.25, -0.2) is 4.68 Å². The minimum absolute atomic E-state index is 0.344. The van der Waals surface area contributed by atoms with Crippen LogP contribution in [0.1, 0.15) is 43.8 Å². The molecule has 0 unspecified atom stereocenters. The molecule has 1 heterocycles. The van der Waals surface area contributed by atoms with E-state index in [9.17, 15) is 5.11 Å². The summed E-state index contributed by atoms with van der Waals surface area (Å²) in [6.07, 6.45) is 8.29. The second-order valence-electron chi connectivity index (χ2n) is 4.80. The first kappa shape index (κ1) is 12.5. The molecule has 5 heteroatoms. The second-order valence-corrected chi connectivity index (χ2v) is 4.80. The van der Waals surface area contributed by atoms with E-state index in [-0.39, 0.29) is 0 Å². The molecule has 1 aliphatic carbocycles. The standard InChI is InChI=1S/C12H21N3O2/c1-17-9-12(16)7-10-8-15(14-13-10)11-5-3-2-4-6-11/h8,11-12,16H,2-7,9H2,1H3/t12-/m0/s1. The fourth-order valence-electron chi connectivity index (χ4n) is 2.42. The van der Waals surface area contributed by atoms with Gasteiger partial charge in [0, 0.05) is 19.7 Å². The largest absolute Gasteiger partial charge is 0.390 e. The van der Waals surface area contributed by atoms with Crippen LogP contribution >= 0.6 is 0 Å². The number of aliphatic hydroxyl groups is 1. The first-order valence-corrected chi connectivity index (χ1v) is 6.37. The number of aliphatic hydroxyl groups excluding tert-OH is 1. The van der Waals surface area contributed by atoms with E-state index in [1.54, 1.807) is 7.11 Å². The normalized spacial score (nSPS) is 19.4. The molecule has 0 aliphatic heterocycles. The van der Waals surface area contributed by atoms with E-state index in [1.807, 2.05) is 10.9 Å². The van der Waals surface area contributed by atoms with E-state index in [2.05, 4.69) is 10.3 Å². The molecule has 0 radical (unpaired) electrons. The molecule has 96 valence electrons. The molecule has 17 heavy (non-hydrogen) atoms. The molecule has 0 aromatic carbocycles. The van der Waals surface area contributed by atoms with E-state index in [4.69, 9.17) is 4.74 Å². The molecule has 1 N–H and O–H groups in total. The predicted octanol–water partition coefficient (Wildman–Crippen LogP) is 1.33. The third-order valence-corrected chi connectivity index (χ3v) is 3.31. The predicted molar refractivity (Wildman–Crippen MR) is 63.7 cm³/mol. The molecule has 1 aromatic rings. The highest BCUT2D eigenvalue weighted by atomic mass is 16.5. The van der Waals surface area contributed by atoms with Gasteiger partial charge in [-0.2, -0.15) is 0 Å². The Balaban J connectivity index is 1.90. The van der Waals surface area contributed by atoms with Crippen LogP contribution in [0.25, 0.3) is 0 Å². The Bertz CT molecular complexity index is 334. The van der Waals surface area contributed by atoms with Gasteiger partial charge in [0.1, 0.15) is 0 Å². The Kier molecular flexibility index (Phi) is 4.50. The lowest BCUT2D eigenvalue weighted by molar-refractivity contribution is 0.0644. The summed E-state index contributed by atoms with van der Waals surface area (Å²) in [7, 11) is 1.59. The van der Waals surface area contributed by atoms with Crippen molar-refractivity contribution in [1.29, 1.82) is 0 Å². The van der Waals surface area contributed by atoms with Crippen molar-refractivity contribution in [1.82, 2.24) is 15.0 Å². The zero-order chi connectivity index (χ0) is 12.1. The first-order chi connectivity index (χ1) is 8.29. The number of ether oxygens (including phenoxy) is 1. The van der Waals surface area contributed by atoms with Crippen molar-refractivity contribution >= 4 is 0 Å². The molecule has 0 saturated heterocycles. The van der Waals surface area contributed by atoms with Gasteiger partial charge >= 0.3 is 0 Å². The number of methoxy groups -OCH3 is 1. The molecule has 1 saturated carbocycles. The summed E-state index contributed by atoms with van der Waals surface area (Å²) < 4.78 is 6.86. The van der Waals surface area contributed by atoms with Crippen molar-refractivity contribution in [3.05, 3.63) is 11.9 Å². The Hall–Kier alpha value is -0.940. The highest BCUT2D eigenvalue weighted by molar-refractivity contribution is 4.96. The van der Waals surface area contributed by atoms with Crippen LogP contribution in [-0.2, 0) is 11.2 Å². The Labute approximate surface area is 102 Å². The van der Waals surface area contributed by atoms with Gasteiger partial charge in [-0.15, -0.1) is 5.10 Å². The van der Waals surface area contributed by atoms with Crippen LogP contribution < -0.4 is 0 Å². The quantitative estimate of drug-likeness (QED) is 0.842. The van der Waals surface area contributed by atoms with Gasteiger partial charge in [-0.1, -0.05) is 24.5 Å². The average Bonchev–Trinajstić information content (AvgIpc) is 2.79. The minimum Gasteiger partial charge on any atom is -0.390 e. The van der Waals surface area contributed by atoms with Crippen LogP contribution in [-0.4, -0.2) is 39.9 Å². The topological polar surface area (TPSA) is 60.2 Å². The fraction of sp³-hybridized carbons (Fsp3) is 0.833. The maximum atomic E-state index is 9.62.